The molecule has 3 N–H and O–H groups in total. The summed E-state index contributed by atoms with van der Waals surface area (Å²) in [5.74, 6) is 0.0489. The Balaban J connectivity index is 2.83. The molecule has 9 heteroatoms. The average molecular weight is 438 g/mol. The van der Waals surface area contributed by atoms with E-state index in [2.05, 4.69) is 18.5 Å². The number of alkyl carbamates (subject to hydrolysis) is 1. The Hall–Kier alpha value is -2.59. The molecule has 0 aromatic heterocycles. The number of carbonyl (C=O) groups excluding carboxylic acids is 2. The lowest BCUT2D eigenvalue weighted by atomic mass is 10.1. The van der Waals surface area contributed by atoms with Crippen LogP contribution in [-0.4, -0.2) is 47.0 Å². The molecule has 0 aliphatic carbocycles. The van der Waals surface area contributed by atoms with E-state index in [1.807, 2.05) is 0 Å². The second-order valence-electron chi connectivity index (χ2n) is 5.85. The third-order valence-electron chi connectivity index (χ3n) is 3.73. The number of amides is 1. The maximum Gasteiger partial charge on any atom is 0.408 e. The molecular weight excluding hydrogens is 410 g/mol. The molecule has 1 aromatic carbocycles. The third-order valence-corrected chi connectivity index (χ3v) is 4.12. The number of carbonyl (C=O) groups is 2. The van der Waals surface area contributed by atoms with Gasteiger partial charge in [0.15, 0.2) is 6.29 Å². The van der Waals surface area contributed by atoms with Gasteiger partial charge in [-0.3, -0.25) is 4.79 Å². The summed E-state index contributed by atoms with van der Waals surface area (Å²) < 4.78 is 24.2. The van der Waals surface area contributed by atoms with Crippen LogP contribution in [0, 0.1) is 0 Å². The Bertz CT molecular complexity index is 733. The highest BCUT2D eigenvalue weighted by Crippen LogP contribution is 2.22. The quantitative estimate of drug-likeness (QED) is 0.141. The number of allylic oxidation sites excluding steroid dienone is 2. The van der Waals surface area contributed by atoms with Gasteiger partial charge in [-0.1, -0.05) is 43.5 Å². The third kappa shape index (κ3) is 9.27. The zero-order valence-electron chi connectivity index (χ0n) is 16.8. The van der Waals surface area contributed by atoms with Gasteiger partial charge >= 0.3 is 12.1 Å². The van der Waals surface area contributed by atoms with Gasteiger partial charge in [-0.25, -0.2) is 4.79 Å². The van der Waals surface area contributed by atoms with Crippen molar-refractivity contribution in [2.75, 3.05) is 19.0 Å². The fourth-order valence-electron chi connectivity index (χ4n) is 2.28. The van der Waals surface area contributed by atoms with Gasteiger partial charge in [-0.2, -0.15) is 0 Å². The van der Waals surface area contributed by atoms with Crippen LogP contribution in [-0.2, 0) is 14.3 Å². The molecule has 0 heterocycles. The maximum absolute atomic E-state index is 12.2. The molecule has 0 saturated heterocycles. The van der Waals surface area contributed by atoms with Crippen molar-refractivity contribution in [3.8, 4) is 5.75 Å². The molecule has 1 rings (SSSR count). The highest BCUT2D eigenvalue weighted by Gasteiger charge is 2.24. The number of rotatable bonds is 13. The van der Waals surface area contributed by atoms with Crippen molar-refractivity contribution in [1.82, 2.24) is 5.32 Å². The topological polar surface area (TPSA) is 114 Å². The normalized spacial score (nSPS) is 13.1. The van der Waals surface area contributed by atoms with Crippen LogP contribution in [0.3, 0.4) is 0 Å². The van der Waals surface area contributed by atoms with Crippen LogP contribution in [0.2, 0.25) is 0 Å². The molecule has 0 radical (unpaired) electrons. The lowest BCUT2D eigenvalue weighted by Gasteiger charge is -2.24. The van der Waals surface area contributed by atoms with E-state index in [9.17, 15) is 14.7 Å². The Morgan fingerprint density at radius 3 is 2.53 bits per heavy atom. The molecule has 0 saturated carbocycles. The first-order valence-corrected chi connectivity index (χ1v) is 10.1. The molecule has 0 bridgehead atoms. The number of aliphatic hydroxyl groups excluding tert-OH is 1. The number of ether oxygens (including phenoxy) is 3. The van der Waals surface area contributed by atoms with Crippen LogP contribution in [0.15, 0.2) is 61.2 Å². The Morgan fingerprint density at radius 1 is 1.27 bits per heavy atom. The minimum Gasteiger partial charge on any atom is -0.445 e. The predicted molar refractivity (Wildman–Crippen MR) is 115 cm³/mol. The van der Waals surface area contributed by atoms with Crippen LogP contribution in [0.4, 0.5) is 4.79 Å². The average Bonchev–Trinajstić information content (AvgIpc) is 2.74. The van der Waals surface area contributed by atoms with Gasteiger partial charge in [0.25, 0.3) is 0 Å². The SMILES string of the molecule is C=C/C=C(\C=C)COC(=O)NC(c1ccc(OC(=O)CCSO)cc1)C(O)OCC. The number of benzene rings is 1. The van der Waals surface area contributed by atoms with Crippen molar-refractivity contribution in [1.29, 1.82) is 0 Å². The van der Waals surface area contributed by atoms with Crippen LogP contribution in [0.1, 0.15) is 24.9 Å². The van der Waals surface area contributed by atoms with E-state index in [1.165, 1.54) is 12.1 Å². The van der Waals surface area contributed by atoms with Gasteiger partial charge in [0.1, 0.15) is 18.4 Å². The minimum absolute atomic E-state index is 0.0141. The number of esters is 1. The van der Waals surface area contributed by atoms with Gasteiger partial charge in [-0.05, 0) is 42.2 Å². The smallest absolute Gasteiger partial charge is 0.408 e. The van der Waals surface area contributed by atoms with E-state index in [0.717, 1.165) is 0 Å². The van der Waals surface area contributed by atoms with Crippen molar-refractivity contribution < 1.29 is 33.5 Å². The zero-order chi connectivity index (χ0) is 22.4. The second kappa shape index (κ2) is 14.4. The minimum atomic E-state index is -1.32. The number of nitrogens with one attached hydrogen (secondary N) is 1. The summed E-state index contributed by atoms with van der Waals surface area (Å²) in [7, 11) is 0. The van der Waals surface area contributed by atoms with Gasteiger partial charge in [0, 0.05) is 12.4 Å². The van der Waals surface area contributed by atoms with Crippen LogP contribution in [0.5, 0.6) is 5.75 Å². The Kier molecular flexibility index (Phi) is 12.2. The summed E-state index contributed by atoms with van der Waals surface area (Å²) in [6, 6.07) is 5.32. The molecule has 0 aliphatic heterocycles. The summed E-state index contributed by atoms with van der Waals surface area (Å²) in [5, 5.41) is 12.9. The van der Waals surface area contributed by atoms with Crippen LogP contribution >= 0.6 is 12.0 Å². The summed E-state index contributed by atoms with van der Waals surface area (Å²) >= 11 is 0.562. The van der Waals surface area contributed by atoms with Crippen molar-refractivity contribution in [3.63, 3.8) is 0 Å². The fourth-order valence-corrected chi connectivity index (χ4v) is 2.54. The second-order valence-corrected chi connectivity index (χ2v) is 6.52. The molecule has 1 amide bonds. The van der Waals surface area contributed by atoms with Gasteiger partial charge in [0.2, 0.25) is 0 Å². The van der Waals surface area contributed by atoms with Gasteiger partial charge in [0.05, 0.1) is 6.42 Å². The lowest BCUT2D eigenvalue weighted by Crippen LogP contribution is -2.38. The molecule has 0 fully saturated rings. The number of aliphatic hydroxyl groups is 1. The lowest BCUT2D eigenvalue weighted by molar-refractivity contribution is -0.133. The fraction of sp³-hybridized carbons (Fsp3) is 0.333. The summed E-state index contributed by atoms with van der Waals surface area (Å²) in [6.07, 6.45) is 2.74. The summed E-state index contributed by atoms with van der Waals surface area (Å²) in [6.45, 7) is 9.13. The number of hydrogen-bond donors (Lipinski definition) is 3. The highest BCUT2D eigenvalue weighted by molar-refractivity contribution is 7.93. The van der Waals surface area contributed by atoms with Gasteiger partial charge in [-0.15, -0.1) is 0 Å². The maximum atomic E-state index is 12.2. The first-order chi connectivity index (χ1) is 14.4. The molecule has 0 aliphatic rings. The summed E-state index contributed by atoms with van der Waals surface area (Å²) in [4.78, 5) is 23.8. The highest BCUT2D eigenvalue weighted by atomic mass is 32.2. The Morgan fingerprint density at radius 2 is 1.97 bits per heavy atom. The van der Waals surface area contributed by atoms with E-state index in [0.29, 0.717) is 28.9 Å². The Labute approximate surface area is 180 Å². The van der Waals surface area contributed by atoms with E-state index >= 15 is 0 Å². The molecular formula is C21H27NO7S. The van der Waals surface area contributed by atoms with Crippen LogP contribution < -0.4 is 10.1 Å². The van der Waals surface area contributed by atoms with E-state index < -0.39 is 24.4 Å². The molecule has 164 valence electrons. The van der Waals surface area contributed by atoms with Crippen molar-refractivity contribution in [3.05, 3.63) is 66.8 Å². The molecule has 1 aromatic rings. The molecule has 8 nitrogen and oxygen atoms in total. The molecule has 0 spiro atoms. The number of hydrogen-bond acceptors (Lipinski definition) is 8. The van der Waals surface area contributed by atoms with E-state index in [1.54, 1.807) is 37.3 Å². The zero-order valence-corrected chi connectivity index (χ0v) is 17.6. The first-order valence-electron chi connectivity index (χ1n) is 9.19. The monoisotopic (exact) mass is 437 g/mol. The molecule has 2 unspecified atom stereocenters. The predicted octanol–water partition coefficient (Wildman–Crippen LogP) is 3.61. The van der Waals surface area contributed by atoms with Crippen molar-refractivity contribution in [2.45, 2.75) is 25.7 Å². The molecule has 2 atom stereocenters. The largest absolute Gasteiger partial charge is 0.445 e. The van der Waals surface area contributed by atoms with E-state index in [4.69, 9.17) is 18.8 Å². The summed E-state index contributed by atoms with van der Waals surface area (Å²) in [5.41, 5.74) is 1.18. The molecule has 30 heavy (non-hydrogen) atoms. The van der Waals surface area contributed by atoms with Crippen LogP contribution in [0.25, 0.3) is 0 Å². The van der Waals surface area contributed by atoms with E-state index in [-0.39, 0.29) is 25.4 Å². The van der Waals surface area contributed by atoms with Gasteiger partial charge < -0.3 is 29.2 Å². The first kappa shape index (κ1) is 25.4. The standard InChI is InChI=1S/C21H27NO7S/c1-4-7-15(5-2)14-28-21(25)22-19(20(24)27-6-3)16-8-10-17(11-9-16)29-18(23)12-13-30-26/h4-5,7-11,19-20,24,26H,1-2,6,12-14H2,3H3,(H,22,25)/b15-7+. The van der Waals surface area contributed by atoms with Crippen molar-refractivity contribution >= 4 is 24.1 Å². The van der Waals surface area contributed by atoms with Crippen molar-refractivity contribution in [2.24, 2.45) is 0 Å².